The predicted octanol–water partition coefficient (Wildman–Crippen LogP) is 2.35. The van der Waals surface area contributed by atoms with Crippen LogP contribution in [0.3, 0.4) is 0 Å². The molecule has 0 spiro atoms. The van der Waals surface area contributed by atoms with E-state index in [4.69, 9.17) is 9.47 Å². The van der Waals surface area contributed by atoms with E-state index in [0.717, 1.165) is 24.0 Å². The highest BCUT2D eigenvalue weighted by Crippen LogP contribution is 2.52. The van der Waals surface area contributed by atoms with Crippen molar-refractivity contribution in [1.82, 2.24) is 9.80 Å². The Morgan fingerprint density at radius 3 is 2.26 bits per heavy atom. The average molecular weight is 424 g/mol. The molecule has 31 heavy (non-hydrogen) atoms. The van der Waals surface area contributed by atoms with Crippen LogP contribution in [0.1, 0.15) is 36.9 Å². The Balaban J connectivity index is 1.27. The maximum atomic E-state index is 13.1. The number of allylic oxidation sites excluding steroid dienone is 2. The lowest BCUT2D eigenvalue weighted by atomic mass is 9.85. The number of rotatable bonds is 5. The first-order chi connectivity index (χ1) is 14.9. The molecule has 1 aromatic rings. The Morgan fingerprint density at radius 1 is 1.03 bits per heavy atom. The second kappa shape index (κ2) is 7.39. The molecule has 0 aromatic heterocycles. The molecule has 1 aromatic carbocycles. The Bertz CT molecular complexity index is 956. The molecule has 5 atom stereocenters. The van der Waals surface area contributed by atoms with Gasteiger partial charge in [-0.25, -0.2) is 0 Å². The number of methoxy groups -OCH3 is 2. The van der Waals surface area contributed by atoms with Gasteiger partial charge in [-0.15, -0.1) is 0 Å². The van der Waals surface area contributed by atoms with Crippen LogP contribution in [-0.2, 0) is 20.8 Å². The molecule has 1 saturated heterocycles. The minimum absolute atomic E-state index is 0.0355. The van der Waals surface area contributed by atoms with Crippen LogP contribution in [-0.4, -0.2) is 54.8 Å². The first-order valence-corrected chi connectivity index (χ1v) is 11.0. The van der Waals surface area contributed by atoms with E-state index < -0.39 is 0 Å². The molecule has 0 radical (unpaired) electrons. The fourth-order valence-electron chi connectivity index (χ4n) is 6.02. The molecule has 0 N–H and O–H groups in total. The highest BCUT2D eigenvalue weighted by atomic mass is 16.5. The van der Waals surface area contributed by atoms with Crippen LogP contribution in [0.15, 0.2) is 24.3 Å². The number of carbonyl (C=O) groups is 3. The van der Waals surface area contributed by atoms with E-state index in [1.165, 1.54) is 4.90 Å². The molecular formula is C24H28N2O5. The van der Waals surface area contributed by atoms with Crippen molar-refractivity contribution in [1.29, 1.82) is 0 Å². The minimum atomic E-state index is -0.208. The molecule has 1 saturated carbocycles. The summed E-state index contributed by atoms with van der Waals surface area (Å²) in [5.41, 5.74) is 2.19. The molecule has 7 heteroatoms. The van der Waals surface area contributed by atoms with Crippen LogP contribution in [0.25, 0.3) is 0 Å². The van der Waals surface area contributed by atoms with E-state index in [0.29, 0.717) is 18.0 Å². The van der Waals surface area contributed by atoms with Gasteiger partial charge >= 0.3 is 0 Å². The van der Waals surface area contributed by atoms with Crippen molar-refractivity contribution >= 4 is 17.7 Å². The third kappa shape index (κ3) is 2.97. The van der Waals surface area contributed by atoms with Gasteiger partial charge in [-0.05, 0) is 54.9 Å². The summed E-state index contributed by atoms with van der Waals surface area (Å²) in [6.07, 6.45) is 5.97. The van der Waals surface area contributed by atoms with Gasteiger partial charge in [0.05, 0.1) is 32.1 Å². The van der Waals surface area contributed by atoms with Crippen LogP contribution in [0.4, 0.5) is 0 Å². The largest absolute Gasteiger partial charge is 0.493 e. The summed E-state index contributed by atoms with van der Waals surface area (Å²) in [6.45, 7) is 2.77. The van der Waals surface area contributed by atoms with Crippen molar-refractivity contribution in [3.05, 3.63) is 35.4 Å². The van der Waals surface area contributed by atoms with Crippen molar-refractivity contribution in [3.8, 4) is 11.5 Å². The van der Waals surface area contributed by atoms with Gasteiger partial charge in [-0.1, -0.05) is 12.2 Å². The van der Waals surface area contributed by atoms with E-state index in [1.807, 2.05) is 24.0 Å². The van der Waals surface area contributed by atoms with E-state index in [9.17, 15) is 14.4 Å². The zero-order chi connectivity index (χ0) is 21.9. The topological polar surface area (TPSA) is 76.2 Å². The second-order valence-corrected chi connectivity index (χ2v) is 9.00. The predicted molar refractivity (Wildman–Crippen MR) is 112 cm³/mol. The maximum absolute atomic E-state index is 13.1. The number of imide groups is 1. The highest BCUT2D eigenvalue weighted by molar-refractivity contribution is 6.06. The van der Waals surface area contributed by atoms with E-state index in [1.54, 1.807) is 14.2 Å². The number of fused-ring (bicyclic) bond motifs is 6. The molecule has 2 aliphatic heterocycles. The number of hydrogen-bond acceptors (Lipinski definition) is 5. The SMILES string of the molecule is COc1cc2c(cc1OC)[C@H](C)N(C(=O)CCN1C(=O)[C@H]3[C@H](C1=O)[C@H]1C=C[C@H]3C1)CC2. The average Bonchev–Trinajstić information content (AvgIpc) is 3.45. The van der Waals surface area contributed by atoms with Gasteiger partial charge in [0.2, 0.25) is 17.7 Å². The normalized spacial score (nSPS) is 30.6. The number of nitrogens with zero attached hydrogens (tertiary/aromatic N) is 2. The molecule has 4 aliphatic rings. The van der Waals surface area contributed by atoms with Crippen molar-refractivity contribution < 1.29 is 23.9 Å². The number of amides is 3. The summed E-state index contributed by atoms with van der Waals surface area (Å²) in [5.74, 6) is 1.09. The Hall–Kier alpha value is -2.83. The van der Waals surface area contributed by atoms with Crippen LogP contribution in [0.2, 0.25) is 0 Å². The molecule has 2 heterocycles. The van der Waals surface area contributed by atoms with Gasteiger partial charge in [-0.2, -0.15) is 0 Å². The standard InChI is InChI=1S/C24H28N2O5/c1-13-17-12-19(31-3)18(30-2)11-14(17)6-8-25(13)20(27)7-9-26-23(28)21-15-4-5-16(10-15)22(21)24(26)29/h4-5,11-13,15-16,21-22H,6-10H2,1-3H3/t13-,15-,16-,21+,22+/m0/s1. The molecular weight excluding hydrogens is 396 g/mol. The van der Waals surface area contributed by atoms with E-state index >= 15 is 0 Å². The third-order valence-electron chi connectivity index (χ3n) is 7.62. The number of hydrogen-bond donors (Lipinski definition) is 0. The number of likely N-dealkylation sites (tertiary alicyclic amines) is 1. The van der Waals surface area contributed by atoms with Crippen molar-refractivity contribution in [2.45, 2.75) is 32.2 Å². The third-order valence-corrected chi connectivity index (χ3v) is 7.62. The summed E-state index contributed by atoms with van der Waals surface area (Å²) >= 11 is 0. The first-order valence-electron chi connectivity index (χ1n) is 11.0. The molecule has 2 fully saturated rings. The number of carbonyl (C=O) groups excluding carboxylic acids is 3. The minimum Gasteiger partial charge on any atom is -0.493 e. The lowest BCUT2D eigenvalue weighted by Crippen LogP contribution is -2.41. The zero-order valence-electron chi connectivity index (χ0n) is 18.2. The highest BCUT2D eigenvalue weighted by Gasteiger charge is 2.59. The maximum Gasteiger partial charge on any atom is 0.233 e. The van der Waals surface area contributed by atoms with Gasteiger partial charge in [0.15, 0.2) is 11.5 Å². The van der Waals surface area contributed by atoms with Crippen molar-refractivity contribution in [3.63, 3.8) is 0 Å². The zero-order valence-corrected chi connectivity index (χ0v) is 18.2. The monoisotopic (exact) mass is 424 g/mol. The van der Waals surface area contributed by atoms with Gasteiger partial charge in [0, 0.05) is 19.5 Å². The number of ether oxygens (including phenoxy) is 2. The molecule has 0 unspecified atom stereocenters. The van der Waals surface area contributed by atoms with Gasteiger partial charge in [0.25, 0.3) is 0 Å². The van der Waals surface area contributed by atoms with Crippen molar-refractivity contribution in [2.24, 2.45) is 23.7 Å². The molecule has 164 valence electrons. The summed E-state index contributed by atoms with van der Waals surface area (Å²) in [7, 11) is 3.21. The molecule has 5 rings (SSSR count). The fraction of sp³-hybridized carbons (Fsp3) is 0.542. The quantitative estimate of drug-likeness (QED) is 0.536. The Labute approximate surface area is 182 Å². The number of benzene rings is 1. The van der Waals surface area contributed by atoms with Crippen LogP contribution < -0.4 is 9.47 Å². The molecule has 3 amide bonds. The summed E-state index contributed by atoms with van der Waals surface area (Å²) in [4.78, 5) is 42.0. The molecule has 2 aliphatic carbocycles. The van der Waals surface area contributed by atoms with Crippen LogP contribution in [0.5, 0.6) is 11.5 Å². The van der Waals surface area contributed by atoms with Crippen LogP contribution >= 0.6 is 0 Å². The summed E-state index contributed by atoms with van der Waals surface area (Å²) < 4.78 is 10.8. The smallest absolute Gasteiger partial charge is 0.233 e. The molecule has 7 nitrogen and oxygen atoms in total. The van der Waals surface area contributed by atoms with Gasteiger partial charge in [-0.3, -0.25) is 19.3 Å². The first kappa shape index (κ1) is 20.1. The van der Waals surface area contributed by atoms with Crippen molar-refractivity contribution in [2.75, 3.05) is 27.3 Å². The molecule has 2 bridgehead atoms. The van der Waals surface area contributed by atoms with Crippen LogP contribution in [0, 0.1) is 23.7 Å². The lowest BCUT2D eigenvalue weighted by Gasteiger charge is -2.36. The summed E-state index contributed by atoms with van der Waals surface area (Å²) in [5, 5.41) is 0. The fourth-order valence-corrected chi connectivity index (χ4v) is 6.02. The van der Waals surface area contributed by atoms with E-state index in [-0.39, 0.29) is 60.4 Å². The second-order valence-electron chi connectivity index (χ2n) is 9.00. The van der Waals surface area contributed by atoms with Gasteiger partial charge in [0.1, 0.15) is 0 Å². The lowest BCUT2D eigenvalue weighted by molar-refractivity contribution is -0.141. The van der Waals surface area contributed by atoms with Gasteiger partial charge < -0.3 is 14.4 Å². The Morgan fingerprint density at radius 2 is 1.65 bits per heavy atom. The Kier molecular flexibility index (Phi) is 4.79. The van der Waals surface area contributed by atoms with E-state index in [2.05, 4.69) is 12.2 Å². The summed E-state index contributed by atoms with van der Waals surface area (Å²) in [6, 6.07) is 3.81.